The number of benzene rings is 1. The Bertz CT molecular complexity index is 1220. The lowest BCUT2D eigenvalue weighted by Crippen LogP contribution is -2.38. The number of nitrogens with zero attached hydrogens (tertiary/aromatic N) is 3. The van der Waals surface area contributed by atoms with Crippen molar-refractivity contribution in [1.29, 1.82) is 0 Å². The van der Waals surface area contributed by atoms with Crippen LogP contribution in [0.3, 0.4) is 0 Å². The van der Waals surface area contributed by atoms with Gasteiger partial charge < -0.3 is 15.1 Å². The van der Waals surface area contributed by atoms with Crippen molar-refractivity contribution >= 4 is 11.8 Å². The third kappa shape index (κ3) is 4.03. The molecule has 0 saturated heterocycles. The van der Waals surface area contributed by atoms with Crippen LogP contribution in [0.2, 0.25) is 0 Å². The molecule has 33 heavy (non-hydrogen) atoms. The molecule has 0 radical (unpaired) electrons. The van der Waals surface area contributed by atoms with Crippen LogP contribution in [0.15, 0.2) is 34.9 Å². The van der Waals surface area contributed by atoms with E-state index in [-0.39, 0.29) is 35.0 Å². The molecule has 0 spiro atoms. The SMILES string of the molecule is C[C@H](NC(=O)c1nc(-c2cccc(-c3ncc(C(=O)NC4(C5CC5)CC4)o3)c2)n[nH]1)C1CC1. The average molecular weight is 447 g/mol. The predicted octanol–water partition coefficient (Wildman–Crippen LogP) is 3.33. The van der Waals surface area contributed by atoms with Gasteiger partial charge in [0.25, 0.3) is 11.8 Å². The summed E-state index contributed by atoms with van der Waals surface area (Å²) < 4.78 is 5.78. The molecule has 3 aromatic rings. The van der Waals surface area contributed by atoms with Crippen LogP contribution in [0.25, 0.3) is 22.8 Å². The Labute approximate surface area is 190 Å². The highest BCUT2D eigenvalue weighted by molar-refractivity contribution is 5.92. The van der Waals surface area contributed by atoms with Crippen molar-refractivity contribution in [3.8, 4) is 22.8 Å². The van der Waals surface area contributed by atoms with Gasteiger partial charge in [-0.2, -0.15) is 5.10 Å². The van der Waals surface area contributed by atoms with Gasteiger partial charge in [-0.3, -0.25) is 14.7 Å². The minimum absolute atomic E-state index is 0.0178. The minimum Gasteiger partial charge on any atom is -0.431 e. The van der Waals surface area contributed by atoms with Crippen molar-refractivity contribution in [3.05, 3.63) is 42.0 Å². The van der Waals surface area contributed by atoms with Gasteiger partial charge in [-0.25, -0.2) is 9.97 Å². The van der Waals surface area contributed by atoms with Gasteiger partial charge in [0.05, 0.1) is 6.20 Å². The van der Waals surface area contributed by atoms with Crippen molar-refractivity contribution < 1.29 is 14.0 Å². The van der Waals surface area contributed by atoms with Gasteiger partial charge >= 0.3 is 0 Å². The zero-order valence-electron chi connectivity index (χ0n) is 18.4. The summed E-state index contributed by atoms with van der Waals surface area (Å²) in [5.74, 6) is 1.86. The Hall–Kier alpha value is -3.49. The monoisotopic (exact) mass is 446 g/mol. The van der Waals surface area contributed by atoms with Crippen molar-refractivity contribution in [2.45, 2.75) is 57.0 Å². The third-order valence-electron chi connectivity index (χ3n) is 7.00. The summed E-state index contributed by atoms with van der Waals surface area (Å²) in [4.78, 5) is 33.7. The lowest BCUT2D eigenvalue weighted by molar-refractivity contribution is 0.0896. The smallest absolute Gasteiger partial charge is 0.289 e. The molecule has 0 aliphatic heterocycles. The van der Waals surface area contributed by atoms with E-state index in [0.29, 0.717) is 34.7 Å². The molecule has 3 aliphatic rings. The van der Waals surface area contributed by atoms with E-state index in [1.165, 1.54) is 19.0 Å². The lowest BCUT2D eigenvalue weighted by Gasteiger charge is -2.14. The first-order chi connectivity index (χ1) is 16.0. The first-order valence-electron chi connectivity index (χ1n) is 11.6. The maximum absolute atomic E-state index is 12.6. The highest BCUT2D eigenvalue weighted by Gasteiger charge is 2.55. The first-order valence-corrected chi connectivity index (χ1v) is 11.6. The Morgan fingerprint density at radius 3 is 2.67 bits per heavy atom. The fraction of sp³-hybridized carbons (Fsp3) is 0.458. The van der Waals surface area contributed by atoms with Crippen LogP contribution in [0.1, 0.15) is 66.6 Å². The van der Waals surface area contributed by atoms with Gasteiger partial charge in [0, 0.05) is 22.7 Å². The van der Waals surface area contributed by atoms with Crippen LogP contribution >= 0.6 is 0 Å². The molecule has 3 fully saturated rings. The van der Waals surface area contributed by atoms with Crippen molar-refractivity contribution in [1.82, 2.24) is 30.8 Å². The largest absolute Gasteiger partial charge is 0.431 e. The van der Waals surface area contributed by atoms with Gasteiger partial charge in [0.15, 0.2) is 5.82 Å². The molecule has 6 rings (SSSR count). The Morgan fingerprint density at radius 2 is 1.94 bits per heavy atom. The lowest BCUT2D eigenvalue weighted by atomic mass is 10.1. The van der Waals surface area contributed by atoms with Gasteiger partial charge in [0.1, 0.15) is 0 Å². The molecule has 0 unspecified atom stereocenters. The summed E-state index contributed by atoms with van der Waals surface area (Å²) in [5.41, 5.74) is 1.40. The molecule has 2 amide bonds. The number of nitrogens with one attached hydrogen (secondary N) is 3. The molecule has 2 heterocycles. The quantitative estimate of drug-likeness (QED) is 0.487. The highest BCUT2D eigenvalue weighted by atomic mass is 16.4. The van der Waals surface area contributed by atoms with Crippen LogP contribution < -0.4 is 10.6 Å². The van der Waals surface area contributed by atoms with Crippen molar-refractivity contribution in [2.24, 2.45) is 11.8 Å². The third-order valence-corrected chi connectivity index (χ3v) is 7.00. The Kier molecular flexibility index (Phi) is 4.60. The van der Waals surface area contributed by atoms with Crippen LogP contribution in [-0.2, 0) is 0 Å². The Balaban J connectivity index is 1.16. The number of aromatic nitrogens is 4. The maximum Gasteiger partial charge on any atom is 0.289 e. The van der Waals surface area contributed by atoms with E-state index < -0.39 is 0 Å². The molecule has 9 nitrogen and oxygen atoms in total. The Morgan fingerprint density at radius 1 is 1.15 bits per heavy atom. The summed E-state index contributed by atoms with van der Waals surface area (Å²) >= 11 is 0. The second kappa shape index (κ2) is 7.54. The molecule has 3 N–H and O–H groups in total. The van der Waals surface area contributed by atoms with E-state index in [1.54, 1.807) is 0 Å². The molecule has 0 bridgehead atoms. The minimum atomic E-state index is -0.257. The molecule has 9 heteroatoms. The highest BCUT2D eigenvalue weighted by Crippen LogP contribution is 2.53. The standard InChI is InChI=1S/C24H26N6O3/c1-13(14-5-6-14)26-22(32)20-27-19(29-30-20)15-3-2-4-16(11-15)23-25-12-18(33-23)21(31)28-24(9-10-24)17-7-8-17/h2-4,11-14,17H,5-10H2,1H3,(H,26,32)(H,28,31)(H,27,29,30)/t13-/m0/s1. The van der Waals surface area contributed by atoms with E-state index in [9.17, 15) is 9.59 Å². The van der Waals surface area contributed by atoms with Crippen LogP contribution in [-0.4, -0.2) is 43.6 Å². The average Bonchev–Trinajstić information content (AvgIpc) is 3.74. The molecule has 1 atom stereocenters. The molecule has 3 saturated carbocycles. The second-order valence-corrected chi connectivity index (χ2v) is 9.60. The zero-order valence-corrected chi connectivity index (χ0v) is 18.4. The molecule has 170 valence electrons. The normalized spacial score (nSPS) is 19.7. The topological polar surface area (TPSA) is 126 Å². The van der Waals surface area contributed by atoms with E-state index in [2.05, 4.69) is 30.8 Å². The fourth-order valence-corrected chi connectivity index (χ4v) is 4.48. The summed E-state index contributed by atoms with van der Waals surface area (Å²) in [6.45, 7) is 2.01. The maximum atomic E-state index is 12.6. The fourth-order valence-electron chi connectivity index (χ4n) is 4.48. The van der Waals surface area contributed by atoms with Crippen molar-refractivity contribution in [3.63, 3.8) is 0 Å². The van der Waals surface area contributed by atoms with Crippen LogP contribution in [0.4, 0.5) is 0 Å². The summed E-state index contributed by atoms with van der Waals surface area (Å²) in [6.07, 6.45) is 8.25. The zero-order chi connectivity index (χ0) is 22.6. The number of oxazole rings is 1. The predicted molar refractivity (Wildman–Crippen MR) is 119 cm³/mol. The van der Waals surface area contributed by atoms with Gasteiger partial charge in [-0.05, 0) is 69.4 Å². The number of H-pyrrole nitrogens is 1. The molecule has 1 aromatic carbocycles. The molecule has 3 aliphatic carbocycles. The summed E-state index contributed by atoms with van der Waals surface area (Å²) in [7, 11) is 0. The van der Waals surface area contributed by atoms with Gasteiger partial charge in [-0.1, -0.05) is 12.1 Å². The van der Waals surface area contributed by atoms with Gasteiger partial charge in [0.2, 0.25) is 17.5 Å². The van der Waals surface area contributed by atoms with Gasteiger partial charge in [-0.15, -0.1) is 0 Å². The van der Waals surface area contributed by atoms with E-state index in [4.69, 9.17) is 4.42 Å². The van der Waals surface area contributed by atoms with E-state index in [0.717, 1.165) is 25.7 Å². The first kappa shape index (κ1) is 20.1. The van der Waals surface area contributed by atoms with Crippen molar-refractivity contribution in [2.75, 3.05) is 0 Å². The molecule has 2 aromatic heterocycles. The van der Waals surface area contributed by atoms with E-state index >= 15 is 0 Å². The summed E-state index contributed by atoms with van der Waals surface area (Å²) in [6, 6.07) is 7.50. The van der Waals surface area contributed by atoms with E-state index in [1.807, 2.05) is 31.2 Å². The number of hydrogen-bond acceptors (Lipinski definition) is 6. The number of carbonyl (C=O) groups excluding carboxylic acids is 2. The second-order valence-electron chi connectivity index (χ2n) is 9.60. The summed E-state index contributed by atoms with van der Waals surface area (Å²) in [5, 5.41) is 13.0. The number of rotatable bonds is 8. The molecular formula is C24H26N6O3. The van der Waals surface area contributed by atoms with Crippen LogP contribution in [0.5, 0.6) is 0 Å². The number of amides is 2. The number of carbonyl (C=O) groups is 2. The molecular weight excluding hydrogens is 420 g/mol. The number of aromatic amines is 1. The van der Waals surface area contributed by atoms with Crippen LogP contribution in [0, 0.1) is 11.8 Å². The number of hydrogen-bond donors (Lipinski definition) is 3.